The predicted molar refractivity (Wildman–Crippen MR) is 89.9 cm³/mol. The maximum atomic E-state index is 12.6. The fraction of sp³-hybridized carbons (Fsp3) is 0.667. The molecular weight excluding hydrogens is 292 g/mol. The standard InChI is InChI=1S/C18H24N2OS/c1-10-6-7-11-12(9-19)16(22-13(11)8-10)20-15(21)14-17(2,3)18(14,4)5/h10,14H,6-8H2,1-5H3,(H,20,21). The Balaban J connectivity index is 1.85. The van der Waals surface area contributed by atoms with Gasteiger partial charge in [-0.2, -0.15) is 5.26 Å². The molecule has 0 bridgehead atoms. The molecule has 118 valence electrons. The van der Waals surface area contributed by atoms with Crippen LogP contribution in [-0.4, -0.2) is 5.91 Å². The highest BCUT2D eigenvalue weighted by Crippen LogP contribution is 2.68. The lowest BCUT2D eigenvalue weighted by Crippen LogP contribution is -2.17. The minimum atomic E-state index is 0.0181. The van der Waals surface area contributed by atoms with Crippen molar-refractivity contribution < 1.29 is 4.79 Å². The summed E-state index contributed by atoms with van der Waals surface area (Å²) in [6.45, 7) is 10.8. The lowest BCUT2D eigenvalue weighted by molar-refractivity contribution is -0.118. The Labute approximate surface area is 136 Å². The molecule has 0 aromatic carbocycles. The minimum absolute atomic E-state index is 0.0181. The number of anilines is 1. The van der Waals surface area contributed by atoms with Gasteiger partial charge in [0.05, 0.1) is 5.56 Å². The fourth-order valence-corrected chi connectivity index (χ4v) is 5.36. The van der Waals surface area contributed by atoms with E-state index in [9.17, 15) is 10.1 Å². The van der Waals surface area contributed by atoms with E-state index < -0.39 is 0 Å². The molecule has 3 nitrogen and oxygen atoms in total. The van der Waals surface area contributed by atoms with Crippen molar-refractivity contribution in [3.63, 3.8) is 0 Å². The number of carbonyl (C=O) groups excluding carboxylic acids is 1. The van der Waals surface area contributed by atoms with Crippen LogP contribution in [0.4, 0.5) is 5.00 Å². The summed E-state index contributed by atoms with van der Waals surface area (Å²) in [5.74, 6) is 0.755. The first-order valence-electron chi connectivity index (χ1n) is 8.05. The van der Waals surface area contributed by atoms with E-state index >= 15 is 0 Å². The van der Waals surface area contributed by atoms with Crippen LogP contribution >= 0.6 is 11.3 Å². The van der Waals surface area contributed by atoms with Crippen LogP contribution in [0.5, 0.6) is 0 Å². The molecule has 2 aliphatic carbocycles. The first kappa shape index (κ1) is 15.6. The van der Waals surface area contributed by atoms with Crippen LogP contribution in [0.15, 0.2) is 0 Å². The van der Waals surface area contributed by atoms with E-state index in [0.717, 1.165) is 24.3 Å². The smallest absolute Gasteiger partial charge is 0.229 e. The molecule has 1 unspecified atom stereocenters. The summed E-state index contributed by atoms with van der Waals surface area (Å²) in [5, 5.41) is 13.3. The van der Waals surface area contributed by atoms with Crippen molar-refractivity contribution in [1.29, 1.82) is 5.26 Å². The second kappa shape index (κ2) is 4.83. The van der Waals surface area contributed by atoms with E-state index in [0.29, 0.717) is 11.5 Å². The van der Waals surface area contributed by atoms with Crippen molar-refractivity contribution in [2.45, 2.75) is 53.9 Å². The molecular formula is C18H24N2OS. The maximum Gasteiger partial charge on any atom is 0.229 e. The fourth-order valence-electron chi connectivity index (χ4n) is 3.99. The van der Waals surface area contributed by atoms with Gasteiger partial charge in [-0.25, -0.2) is 0 Å². The lowest BCUT2D eigenvalue weighted by Gasteiger charge is -2.17. The van der Waals surface area contributed by atoms with E-state index in [4.69, 9.17) is 0 Å². The Bertz CT molecular complexity index is 664. The topological polar surface area (TPSA) is 52.9 Å². The normalized spacial score (nSPS) is 25.2. The van der Waals surface area contributed by atoms with E-state index in [1.54, 1.807) is 11.3 Å². The first-order valence-corrected chi connectivity index (χ1v) is 8.87. The molecule has 3 rings (SSSR count). The van der Waals surface area contributed by atoms with Crippen molar-refractivity contribution in [3.8, 4) is 6.07 Å². The van der Waals surface area contributed by atoms with Gasteiger partial charge in [0.1, 0.15) is 11.1 Å². The number of fused-ring (bicyclic) bond motifs is 1. The van der Waals surface area contributed by atoms with E-state index in [2.05, 4.69) is 46.0 Å². The average molecular weight is 316 g/mol. The van der Waals surface area contributed by atoms with Crippen LogP contribution in [-0.2, 0) is 17.6 Å². The third-order valence-electron chi connectivity index (χ3n) is 6.14. The molecule has 0 radical (unpaired) electrons. The molecule has 1 atom stereocenters. The van der Waals surface area contributed by atoms with Gasteiger partial charge in [-0.05, 0) is 41.6 Å². The van der Waals surface area contributed by atoms with Crippen molar-refractivity contribution in [2.75, 3.05) is 5.32 Å². The molecule has 1 N–H and O–H groups in total. The number of amides is 1. The van der Waals surface area contributed by atoms with Gasteiger partial charge in [0.15, 0.2) is 0 Å². The highest BCUT2D eigenvalue weighted by molar-refractivity contribution is 7.16. The van der Waals surface area contributed by atoms with Gasteiger partial charge in [0.25, 0.3) is 0 Å². The third-order valence-corrected chi connectivity index (χ3v) is 7.31. The maximum absolute atomic E-state index is 12.6. The second-order valence-corrected chi connectivity index (χ2v) is 9.14. The SMILES string of the molecule is CC1CCc2c(sc(NC(=O)C3C(C)(C)C3(C)C)c2C#N)C1. The molecule has 1 heterocycles. The Morgan fingerprint density at radius 2 is 1.95 bits per heavy atom. The van der Waals surface area contributed by atoms with Gasteiger partial charge >= 0.3 is 0 Å². The molecule has 0 aliphatic heterocycles. The summed E-state index contributed by atoms with van der Waals surface area (Å²) >= 11 is 1.61. The molecule has 1 aromatic heterocycles. The van der Waals surface area contributed by atoms with E-state index in [1.165, 1.54) is 10.4 Å². The van der Waals surface area contributed by atoms with Gasteiger partial charge in [-0.3, -0.25) is 4.79 Å². The molecule has 0 saturated heterocycles. The van der Waals surface area contributed by atoms with Gasteiger partial charge in [-0.15, -0.1) is 11.3 Å². The zero-order chi connectivity index (χ0) is 16.3. The largest absolute Gasteiger partial charge is 0.316 e. The van der Waals surface area contributed by atoms with Gasteiger partial charge in [0.2, 0.25) is 5.91 Å². The molecule has 1 aromatic rings. The summed E-state index contributed by atoms with van der Waals surface area (Å²) in [4.78, 5) is 13.9. The van der Waals surface area contributed by atoms with Crippen LogP contribution in [0, 0.1) is 34.0 Å². The number of nitrogens with one attached hydrogen (secondary N) is 1. The zero-order valence-electron chi connectivity index (χ0n) is 14.0. The summed E-state index contributed by atoms with van der Waals surface area (Å²) in [6.07, 6.45) is 3.13. The quantitative estimate of drug-likeness (QED) is 0.881. The van der Waals surface area contributed by atoms with Crippen LogP contribution in [0.25, 0.3) is 0 Å². The Kier molecular flexibility index (Phi) is 3.41. The molecule has 22 heavy (non-hydrogen) atoms. The third kappa shape index (κ3) is 2.10. The molecule has 1 amide bonds. The average Bonchev–Trinajstić information content (AvgIpc) is 2.68. The van der Waals surface area contributed by atoms with Gasteiger partial charge < -0.3 is 5.32 Å². The van der Waals surface area contributed by atoms with Crippen LogP contribution in [0.2, 0.25) is 0 Å². The number of carbonyl (C=O) groups is 1. The highest BCUT2D eigenvalue weighted by atomic mass is 32.1. The first-order chi connectivity index (χ1) is 10.2. The van der Waals surface area contributed by atoms with Crippen molar-refractivity contribution >= 4 is 22.2 Å². The monoisotopic (exact) mass is 316 g/mol. The zero-order valence-corrected chi connectivity index (χ0v) is 14.9. The number of nitriles is 1. The van der Waals surface area contributed by atoms with Crippen molar-refractivity contribution in [3.05, 3.63) is 16.0 Å². The highest BCUT2D eigenvalue weighted by Gasteiger charge is 2.68. The number of thiophene rings is 1. The predicted octanol–water partition coefficient (Wildman–Crippen LogP) is 4.37. The molecule has 2 aliphatic rings. The summed E-state index contributed by atoms with van der Waals surface area (Å²) < 4.78 is 0. The van der Waals surface area contributed by atoms with Crippen molar-refractivity contribution in [1.82, 2.24) is 0 Å². The number of nitrogens with zero attached hydrogens (tertiary/aromatic N) is 1. The van der Waals surface area contributed by atoms with E-state index in [-0.39, 0.29) is 22.7 Å². The van der Waals surface area contributed by atoms with Crippen LogP contribution in [0.1, 0.15) is 57.0 Å². The molecule has 4 heteroatoms. The van der Waals surface area contributed by atoms with Crippen LogP contribution < -0.4 is 5.32 Å². The van der Waals surface area contributed by atoms with Gasteiger partial charge in [0, 0.05) is 10.8 Å². The van der Waals surface area contributed by atoms with E-state index in [1.807, 2.05) is 0 Å². The lowest BCUT2D eigenvalue weighted by atomic mass is 9.88. The Morgan fingerprint density at radius 3 is 2.50 bits per heavy atom. The number of hydrogen-bond acceptors (Lipinski definition) is 3. The second-order valence-electron chi connectivity index (χ2n) is 8.03. The summed E-state index contributed by atoms with van der Waals surface area (Å²) in [5.41, 5.74) is 1.93. The van der Waals surface area contributed by atoms with Gasteiger partial charge in [-0.1, -0.05) is 34.6 Å². The molecule has 0 spiro atoms. The summed E-state index contributed by atoms with van der Waals surface area (Å²) in [6, 6.07) is 2.32. The number of rotatable bonds is 2. The minimum Gasteiger partial charge on any atom is -0.316 e. The Hall–Kier alpha value is -1.34. The van der Waals surface area contributed by atoms with Crippen LogP contribution in [0.3, 0.4) is 0 Å². The molecule has 1 fully saturated rings. The number of hydrogen-bond donors (Lipinski definition) is 1. The Morgan fingerprint density at radius 1 is 1.32 bits per heavy atom. The molecule has 1 saturated carbocycles. The summed E-state index contributed by atoms with van der Waals surface area (Å²) in [7, 11) is 0. The van der Waals surface area contributed by atoms with Crippen molar-refractivity contribution in [2.24, 2.45) is 22.7 Å².